The summed E-state index contributed by atoms with van der Waals surface area (Å²) < 4.78 is 0. The van der Waals surface area contributed by atoms with E-state index in [2.05, 4.69) is 12.6 Å². The van der Waals surface area contributed by atoms with Gasteiger partial charge in [-0.05, 0) is 13.3 Å². The van der Waals surface area contributed by atoms with Gasteiger partial charge in [0.05, 0.1) is 0 Å². The lowest BCUT2D eigenvalue weighted by molar-refractivity contribution is -0.133. The lowest BCUT2D eigenvalue weighted by Gasteiger charge is -2.00. The van der Waals surface area contributed by atoms with Crippen molar-refractivity contribution in [2.45, 2.75) is 20.3 Å². The minimum atomic E-state index is -1.05. The molecule has 0 saturated heterocycles. The van der Waals surface area contributed by atoms with E-state index in [1.54, 1.807) is 6.92 Å². The highest BCUT2D eigenvalue weighted by Gasteiger charge is 2.11. The molecule has 4 heteroatoms. The molecule has 0 spiro atoms. The van der Waals surface area contributed by atoms with E-state index >= 15 is 0 Å². The third kappa shape index (κ3) is 2.76. The molecule has 0 fully saturated rings. The molecule has 0 heterocycles. The summed E-state index contributed by atoms with van der Waals surface area (Å²) in [5.74, 6) is -1.05. The van der Waals surface area contributed by atoms with Gasteiger partial charge in [0.1, 0.15) is 0 Å². The molecule has 1 N–H and O–H groups in total. The molecular weight excluding hydrogens is 164 g/mol. The lowest BCUT2D eigenvalue weighted by Crippen LogP contribution is -2.05. The highest BCUT2D eigenvalue weighted by Crippen LogP contribution is 2.10. The van der Waals surface area contributed by atoms with Crippen molar-refractivity contribution < 1.29 is 14.7 Å². The molecule has 0 aliphatic carbocycles. The molecule has 62 valence electrons. The Morgan fingerprint density at radius 3 is 2.00 bits per heavy atom. The zero-order valence-corrected chi connectivity index (χ0v) is 7.31. The van der Waals surface area contributed by atoms with Crippen LogP contribution in [0.5, 0.6) is 0 Å². The number of rotatable bonds is 3. The summed E-state index contributed by atoms with van der Waals surface area (Å²) in [4.78, 5) is 21.0. The van der Waals surface area contributed by atoms with Gasteiger partial charge < -0.3 is 5.11 Å². The summed E-state index contributed by atoms with van der Waals surface area (Å²) in [6.07, 6.45) is 0.341. The van der Waals surface area contributed by atoms with Crippen LogP contribution in [0.4, 0.5) is 0 Å². The Bertz CT molecular complexity index is 218. The van der Waals surface area contributed by atoms with Crippen LogP contribution >= 0.6 is 12.6 Å². The van der Waals surface area contributed by atoms with Crippen LogP contribution in [0, 0.1) is 0 Å². The molecule has 0 unspecified atom stereocenters. The van der Waals surface area contributed by atoms with Crippen LogP contribution in [0.15, 0.2) is 11.1 Å². The number of carbonyl (C=O) groups excluding carboxylic acids is 1. The summed E-state index contributed by atoms with van der Waals surface area (Å²) in [7, 11) is 0. The Kier molecular flexibility index (Phi) is 3.89. The van der Waals surface area contributed by atoms with Crippen LogP contribution in [0.2, 0.25) is 0 Å². The fraction of sp³-hybridized carbons (Fsp3) is 0.429. The maximum atomic E-state index is 10.6. The van der Waals surface area contributed by atoms with E-state index in [1.807, 2.05) is 0 Å². The molecule has 0 rings (SSSR count). The van der Waals surface area contributed by atoms with Gasteiger partial charge in [-0.25, -0.2) is 4.79 Å². The SMILES string of the molecule is CCC(C(=O)O)=C(C)C(=O)S. The van der Waals surface area contributed by atoms with E-state index in [1.165, 1.54) is 6.92 Å². The van der Waals surface area contributed by atoms with Crippen molar-refractivity contribution in [3.8, 4) is 0 Å². The summed E-state index contributed by atoms with van der Waals surface area (Å²) in [6.45, 7) is 3.14. The summed E-state index contributed by atoms with van der Waals surface area (Å²) in [5.41, 5.74) is 0.341. The highest BCUT2D eigenvalue weighted by atomic mass is 32.1. The largest absolute Gasteiger partial charge is 0.478 e. The molecule has 0 aromatic carbocycles. The molecule has 0 aromatic rings. The summed E-state index contributed by atoms with van der Waals surface area (Å²) >= 11 is 3.52. The second-order valence-corrected chi connectivity index (χ2v) is 2.47. The van der Waals surface area contributed by atoms with Gasteiger partial charge in [-0.1, -0.05) is 6.92 Å². The van der Waals surface area contributed by atoms with Crippen molar-refractivity contribution in [1.82, 2.24) is 0 Å². The van der Waals surface area contributed by atoms with Crippen LogP contribution in [-0.4, -0.2) is 16.2 Å². The number of hydrogen-bond acceptors (Lipinski definition) is 2. The maximum Gasteiger partial charge on any atom is 0.331 e. The fourth-order valence-electron chi connectivity index (χ4n) is 0.706. The molecule has 0 aliphatic rings. The van der Waals surface area contributed by atoms with E-state index in [4.69, 9.17) is 5.11 Å². The molecule has 0 atom stereocenters. The fourth-order valence-corrected chi connectivity index (χ4v) is 0.841. The Labute approximate surface area is 70.5 Å². The van der Waals surface area contributed by atoms with Crippen LogP contribution in [0.3, 0.4) is 0 Å². The number of hydrogen-bond donors (Lipinski definition) is 2. The van der Waals surface area contributed by atoms with Gasteiger partial charge in [-0.3, -0.25) is 4.79 Å². The first kappa shape index (κ1) is 10.2. The average Bonchev–Trinajstić information content (AvgIpc) is 1.88. The monoisotopic (exact) mass is 174 g/mol. The van der Waals surface area contributed by atoms with Crippen LogP contribution in [0.1, 0.15) is 20.3 Å². The quantitative estimate of drug-likeness (QED) is 0.500. The number of thiol groups is 1. The topological polar surface area (TPSA) is 54.4 Å². The van der Waals surface area contributed by atoms with Crippen LogP contribution in [0.25, 0.3) is 0 Å². The second-order valence-electron chi connectivity index (χ2n) is 2.07. The first-order valence-corrected chi connectivity index (χ1v) is 3.61. The lowest BCUT2D eigenvalue weighted by atomic mass is 10.1. The predicted molar refractivity (Wildman–Crippen MR) is 44.6 cm³/mol. The minimum absolute atomic E-state index is 0.130. The number of carbonyl (C=O) groups is 2. The Balaban J connectivity index is 4.83. The average molecular weight is 174 g/mol. The standard InChI is InChI=1S/C7H10O3S/c1-3-5(6(8)9)4(2)7(10)11/h3H2,1-2H3,(H,8,9)(H,10,11). The van der Waals surface area contributed by atoms with Crippen molar-refractivity contribution >= 4 is 23.7 Å². The van der Waals surface area contributed by atoms with Crippen LogP contribution in [-0.2, 0) is 9.59 Å². The van der Waals surface area contributed by atoms with Crippen molar-refractivity contribution in [3.05, 3.63) is 11.1 Å². The number of carboxylic acid groups (broad SMARTS) is 1. The van der Waals surface area contributed by atoms with Gasteiger partial charge in [0.2, 0.25) is 5.12 Å². The third-order valence-corrected chi connectivity index (χ3v) is 1.72. The van der Waals surface area contributed by atoms with Gasteiger partial charge in [0.25, 0.3) is 0 Å². The number of aliphatic carboxylic acids is 1. The molecule has 0 radical (unpaired) electrons. The molecule has 11 heavy (non-hydrogen) atoms. The molecule has 0 bridgehead atoms. The normalized spacial score (nSPS) is 12.3. The van der Waals surface area contributed by atoms with Crippen molar-refractivity contribution in [3.63, 3.8) is 0 Å². The van der Waals surface area contributed by atoms with E-state index in [9.17, 15) is 9.59 Å². The minimum Gasteiger partial charge on any atom is -0.478 e. The first-order chi connectivity index (χ1) is 5.00. The first-order valence-electron chi connectivity index (χ1n) is 3.17. The van der Waals surface area contributed by atoms with Gasteiger partial charge in [-0.15, -0.1) is 12.6 Å². The molecule has 0 saturated carbocycles. The Morgan fingerprint density at radius 1 is 1.45 bits per heavy atom. The number of carboxylic acids is 1. The van der Waals surface area contributed by atoms with E-state index < -0.39 is 11.1 Å². The van der Waals surface area contributed by atoms with Gasteiger partial charge in [0.15, 0.2) is 0 Å². The van der Waals surface area contributed by atoms with Gasteiger partial charge in [0, 0.05) is 11.1 Å². The highest BCUT2D eigenvalue weighted by molar-refractivity contribution is 7.97. The maximum absolute atomic E-state index is 10.6. The van der Waals surface area contributed by atoms with Crippen LogP contribution < -0.4 is 0 Å². The molecular formula is C7H10O3S. The molecule has 0 aliphatic heterocycles. The molecule has 0 amide bonds. The molecule has 0 aromatic heterocycles. The van der Waals surface area contributed by atoms with E-state index in [0.29, 0.717) is 6.42 Å². The smallest absolute Gasteiger partial charge is 0.331 e. The Morgan fingerprint density at radius 2 is 1.91 bits per heavy atom. The molecule has 3 nitrogen and oxygen atoms in total. The Hall–Kier alpha value is -0.770. The second kappa shape index (κ2) is 4.18. The van der Waals surface area contributed by atoms with Crippen molar-refractivity contribution in [2.75, 3.05) is 0 Å². The predicted octanol–water partition coefficient (Wildman–Crippen LogP) is 1.25. The van der Waals surface area contributed by atoms with Crippen molar-refractivity contribution in [1.29, 1.82) is 0 Å². The van der Waals surface area contributed by atoms with E-state index in [0.717, 1.165) is 0 Å². The van der Waals surface area contributed by atoms with E-state index in [-0.39, 0.29) is 11.1 Å². The third-order valence-electron chi connectivity index (χ3n) is 1.39. The summed E-state index contributed by atoms with van der Waals surface area (Å²) in [5, 5.41) is 8.07. The van der Waals surface area contributed by atoms with Gasteiger partial charge >= 0.3 is 5.97 Å². The van der Waals surface area contributed by atoms with Crippen molar-refractivity contribution in [2.24, 2.45) is 0 Å². The summed E-state index contributed by atoms with van der Waals surface area (Å²) in [6, 6.07) is 0. The zero-order valence-electron chi connectivity index (χ0n) is 6.42. The van der Waals surface area contributed by atoms with Gasteiger partial charge in [-0.2, -0.15) is 0 Å². The zero-order chi connectivity index (χ0) is 9.02.